The highest BCUT2D eigenvalue weighted by Crippen LogP contribution is 2.22. The quantitative estimate of drug-likeness (QED) is 0.845. The summed E-state index contributed by atoms with van der Waals surface area (Å²) >= 11 is 1.56. The molecule has 6 nitrogen and oxygen atoms in total. The van der Waals surface area contributed by atoms with Gasteiger partial charge >= 0.3 is 0 Å². The maximum Gasteiger partial charge on any atom is 0.258 e. The van der Waals surface area contributed by atoms with Crippen molar-refractivity contribution in [1.29, 1.82) is 0 Å². The molecule has 0 aliphatic carbocycles. The number of rotatable bonds is 2. The van der Waals surface area contributed by atoms with Crippen molar-refractivity contribution in [3.63, 3.8) is 0 Å². The Kier molecular flexibility index (Phi) is 3.67. The number of amides is 1. The molecule has 0 spiro atoms. The van der Waals surface area contributed by atoms with Crippen LogP contribution in [0.5, 0.6) is 0 Å². The van der Waals surface area contributed by atoms with Gasteiger partial charge in [-0.25, -0.2) is 8.42 Å². The fourth-order valence-corrected chi connectivity index (χ4v) is 4.70. The zero-order chi connectivity index (χ0) is 13.3. The maximum absolute atomic E-state index is 12.3. The van der Waals surface area contributed by atoms with Crippen LogP contribution in [-0.2, 0) is 9.84 Å². The lowest BCUT2D eigenvalue weighted by Crippen LogP contribution is -2.49. The van der Waals surface area contributed by atoms with Crippen LogP contribution in [-0.4, -0.2) is 59.1 Å². The summed E-state index contributed by atoms with van der Waals surface area (Å²) in [5.74, 6) is 0.924. The first kappa shape index (κ1) is 13.4. The zero-order valence-corrected chi connectivity index (χ0v) is 11.8. The van der Waals surface area contributed by atoms with E-state index in [0.717, 1.165) is 5.75 Å². The van der Waals surface area contributed by atoms with E-state index in [9.17, 15) is 13.2 Å². The Labute approximate surface area is 110 Å². The van der Waals surface area contributed by atoms with Gasteiger partial charge in [0.1, 0.15) is 5.37 Å². The number of hydrogen-bond donors (Lipinski definition) is 1. The van der Waals surface area contributed by atoms with Gasteiger partial charge in [0.25, 0.3) is 5.91 Å². The lowest BCUT2D eigenvalue weighted by molar-refractivity contribution is 0.0749. The molecule has 1 fully saturated rings. The number of nitrogens with one attached hydrogen (secondary N) is 1. The van der Waals surface area contributed by atoms with Gasteiger partial charge in [0.15, 0.2) is 9.84 Å². The van der Waals surface area contributed by atoms with Gasteiger partial charge in [-0.15, -0.1) is 0 Å². The lowest BCUT2D eigenvalue weighted by Gasteiger charge is -2.33. The second kappa shape index (κ2) is 4.93. The molecule has 100 valence electrons. The Bertz CT molecular complexity index is 552. The van der Waals surface area contributed by atoms with Crippen molar-refractivity contribution in [3.8, 4) is 0 Å². The molecule has 1 N–H and O–H groups in total. The first-order valence-corrected chi connectivity index (χ1v) is 8.59. The first-order valence-electron chi connectivity index (χ1n) is 5.49. The fourth-order valence-electron chi connectivity index (χ4n) is 1.89. The van der Waals surface area contributed by atoms with Crippen LogP contribution >= 0.6 is 11.8 Å². The number of hydrogen-bond acceptors (Lipinski definition) is 5. The molecular formula is C10H15N3O3S2. The number of aryl methyl sites for hydroxylation is 1. The molecule has 1 amide bonds. The van der Waals surface area contributed by atoms with Crippen molar-refractivity contribution < 1.29 is 13.2 Å². The largest absolute Gasteiger partial charge is 0.320 e. The summed E-state index contributed by atoms with van der Waals surface area (Å²) in [5.41, 5.74) is 1.10. The third-order valence-electron chi connectivity index (χ3n) is 2.90. The summed E-state index contributed by atoms with van der Waals surface area (Å²) in [6.45, 7) is 2.19. The second-order valence-electron chi connectivity index (χ2n) is 4.27. The van der Waals surface area contributed by atoms with E-state index >= 15 is 0 Å². The van der Waals surface area contributed by atoms with Crippen LogP contribution in [0.1, 0.15) is 16.1 Å². The third kappa shape index (κ3) is 2.54. The molecule has 0 radical (unpaired) electrons. The number of H-pyrrole nitrogens is 1. The molecule has 0 bridgehead atoms. The first-order chi connectivity index (χ1) is 8.41. The number of thioether (sulfide) groups is 1. The fraction of sp³-hybridized carbons (Fsp3) is 0.600. The number of sulfone groups is 1. The molecule has 1 aromatic rings. The van der Waals surface area contributed by atoms with E-state index in [1.807, 2.05) is 0 Å². The van der Waals surface area contributed by atoms with Crippen LogP contribution in [0.2, 0.25) is 0 Å². The summed E-state index contributed by atoms with van der Waals surface area (Å²) in [6.07, 6.45) is 2.62. The molecule has 1 saturated heterocycles. The van der Waals surface area contributed by atoms with Crippen molar-refractivity contribution in [2.24, 2.45) is 0 Å². The molecule has 1 aliphatic rings. The Balaban J connectivity index is 2.30. The van der Waals surface area contributed by atoms with Gasteiger partial charge in [-0.1, -0.05) is 0 Å². The van der Waals surface area contributed by atoms with Crippen LogP contribution in [0.15, 0.2) is 6.20 Å². The van der Waals surface area contributed by atoms with Gasteiger partial charge in [0, 0.05) is 30.0 Å². The number of carbonyl (C=O) groups excluding carboxylic acids is 1. The molecule has 2 heterocycles. The van der Waals surface area contributed by atoms with Gasteiger partial charge in [0.05, 0.1) is 11.8 Å². The highest BCUT2D eigenvalue weighted by Gasteiger charge is 2.35. The van der Waals surface area contributed by atoms with Crippen LogP contribution in [0.25, 0.3) is 0 Å². The third-order valence-corrected chi connectivity index (χ3v) is 5.54. The monoisotopic (exact) mass is 289 g/mol. The summed E-state index contributed by atoms with van der Waals surface area (Å²) in [6, 6.07) is 0. The molecule has 0 aromatic carbocycles. The molecule has 18 heavy (non-hydrogen) atoms. The van der Waals surface area contributed by atoms with E-state index < -0.39 is 15.2 Å². The average molecular weight is 289 g/mol. The minimum atomic E-state index is -3.27. The minimum absolute atomic E-state index is 0.267. The molecule has 1 unspecified atom stereocenters. The molecule has 0 saturated carbocycles. The highest BCUT2D eigenvalue weighted by molar-refractivity contribution is 8.00. The predicted octanol–water partition coefficient (Wildman–Crippen LogP) is 0.278. The summed E-state index contributed by atoms with van der Waals surface area (Å²) in [5, 5.41) is 5.75. The summed E-state index contributed by atoms with van der Waals surface area (Å²) in [4.78, 5) is 13.8. The summed E-state index contributed by atoms with van der Waals surface area (Å²) in [7, 11) is -3.27. The SMILES string of the molecule is Cc1[nH]ncc1C(=O)N1CCSCC1S(C)(=O)=O. The van der Waals surface area contributed by atoms with E-state index in [0.29, 0.717) is 23.6 Å². The van der Waals surface area contributed by atoms with E-state index in [1.165, 1.54) is 17.4 Å². The van der Waals surface area contributed by atoms with Crippen molar-refractivity contribution in [2.75, 3.05) is 24.3 Å². The normalized spacial score (nSPS) is 21.0. The van der Waals surface area contributed by atoms with Crippen molar-refractivity contribution in [2.45, 2.75) is 12.3 Å². The highest BCUT2D eigenvalue weighted by atomic mass is 32.2. The van der Waals surface area contributed by atoms with Gasteiger partial charge in [-0.3, -0.25) is 9.89 Å². The van der Waals surface area contributed by atoms with Crippen molar-refractivity contribution in [3.05, 3.63) is 17.5 Å². The summed E-state index contributed by atoms with van der Waals surface area (Å²) < 4.78 is 23.5. The van der Waals surface area contributed by atoms with E-state index in [1.54, 1.807) is 18.7 Å². The van der Waals surface area contributed by atoms with Gasteiger partial charge < -0.3 is 4.90 Å². The standard InChI is InChI=1S/C10H15N3O3S2/c1-7-8(5-11-12-7)10(14)13-3-4-17-6-9(13)18(2,15)16/h5,9H,3-4,6H2,1-2H3,(H,11,12). The number of nitrogens with zero attached hydrogens (tertiary/aromatic N) is 2. The molecular weight excluding hydrogens is 274 g/mol. The molecule has 8 heteroatoms. The topological polar surface area (TPSA) is 83.1 Å². The van der Waals surface area contributed by atoms with Gasteiger partial charge in [-0.05, 0) is 6.92 Å². The molecule has 1 aliphatic heterocycles. The van der Waals surface area contributed by atoms with E-state index in [2.05, 4.69) is 10.2 Å². The van der Waals surface area contributed by atoms with Crippen LogP contribution in [0.4, 0.5) is 0 Å². The Hall–Kier alpha value is -1.02. The smallest absolute Gasteiger partial charge is 0.258 e. The van der Waals surface area contributed by atoms with Crippen LogP contribution in [0.3, 0.4) is 0 Å². The van der Waals surface area contributed by atoms with Crippen molar-refractivity contribution in [1.82, 2.24) is 15.1 Å². The van der Waals surface area contributed by atoms with Gasteiger partial charge in [0.2, 0.25) is 0 Å². The van der Waals surface area contributed by atoms with Crippen LogP contribution in [0, 0.1) is 6.92 Å². The lowest BCUT2D eigenvalue weighted by atomic mass is 10.2. The second-order valence-corrected chi connectivity index (χ2v) is 7.62. The maximum atomic E-state index is 12.3. The predicted molar refractivity (Wildman–Crippen MR) is 70.3 cm³/mol. The van der Waals surface area contributed by atoms with Crippen LogP contribution < -0.4 is 0 Å². The Morgan fingerprint density at radius 2 is 2.33 bits per heavy atom. The number of carbonyl (C=O) groups is 1. The molecule has 2 rings (SSSR count). The zero-order valence-electron chi connectivity index (χ0n) is 10.2. The van der Waals surface area contributed by atoms with E-state index in [-0.39, 0.29) is 5.91 Å². The molecule has 1 atom stereocenters. The minimum Gasteiger partial charge on any atom is -0.320 e. The Morgan fingerprint density at radius 3 is 2.89 bits per heavy atom. The van der Waals surface area contributed by atoms with Crippen molar-refractivity contribution >= 4 is 27.5 Å². The Morgan fingerprint density at radius 1 is 1.61 bits per heavy atom. The van der Waals surface area contributed by atoms with E-state index in [4.69, 9.17) is 0 Å². The average Bonchev–Trinajstić information content (AvgIpc) is 2.73. The van der Waals surface area contributed by atoms with Gasteiger partial charge in [-0.2, -0.15) is 16.9 Å². The molecule has 1 aromatic heterocycles. The number of aromatic nitrogens is 2. The number of aromatic amines is 1.